The number of rotatable bonds is 6. The Balaban J connectivity index is 1.69. The summed E-state index contributed by atoms with van der Waals surface area (Å²) < 4.78 is 27.6. The van der Waals surface area contributed by atoms with E-state index in [9.17, 15) is 13.2 Å². The molecule has 1 saturated carbocycles. The second-order valence-corrected chi connectivity index (χ2v) is 9.57. The van der Waals surface area contributed by atoms with Gasteiger partial charge in [-0.1, -0.05) is 31.9 Å². The predicted octanol–water partition coefficient (Wildman–Crippen LogP) is 3.54. The molecule has 0 spiro atoms. The second kappa shape index (κ2) is 8.33. The number of sulfonamides is 1. The van der Waals surface area contributed by atoms with E-state index in [2.05, 4.69) is 17.0 Å². The van der Waals surface area contributed by atoms with Crippen LogP contribution in [0.4, 0.5) is 0 Å². The summed E-state index contributed by atoms with van der Waals surface area (Å²) in [6.07, 6.45) is 4.42. The van der Waals surface area contributed by atoms with Gasteiger partial charge in [0, 0.05) is 23.0 Å². The fourth-order valence-corrected chi connectivity index (χ4v) is 5.04. The molecule has 2 aromatic rings. The van der Waals surface area contributed by atoms with Gasteiger partial charge in [0.2, 0.25) is 10.0 Å². The summed E-state index contributed by atoms with van der Waals surface area (Å²) >= 11 is 1.50. The summed E-state index contributed by atoms with van der Waals surface area (Å²) in [5, 5.41) is 4.97. The Morgan fingerprint density at radius 2 is 2.00 bits per heavy atom. The van der Waals surface area contributed by atoms with Gasteiger partial charge in [0.25, 0.3) is 5.91 Å². The fourth-order valence-electron chi connectivity index (χ4n) is 3.25. The largest absolute Gasteiger partial charge is 0.349 e. The molecule has 26 heavy (non-hydrogen) atoms. The highest BCUT2D eigenvalue weighted by Crippen LogP contribution is 2.24. The van der Waals surface area contributed by atoms with Crippen LogP contribution in [0.2, 0.25) is 0 Å². The summed E-state index contributed by atoms with van der Waals surface area (Å²) in [4.78, 5) is 13.6. The number of nitrogens with one attached hydrogen (secondary N) is 2. The fraction of sp³-hybridized carbons (Fsp3) is 0.421. The first-order chi connectivity index (χ1) is 12.5. The third-order valence-corrected chi connectivity index (χ3v) is 7.13. The van der Waals surface area contributed by atoms with Gasteiger partial charge in [-0.05, 0) is 48.4 Å². The Labute approximate surface area is 158 Å². The van der Waals surface area contributed by atoms with Crippen LogP contribution in [0, 0.1) is 5.92 Å². The van der Waals surface area contributed by atoms with Crippen LogP contribution in [0.3, 0.4) is 0 Å². The number of hydrogen-bond donors (Lipinski definition) is 2. The van der Waals surface area contributed by atoms with E-state index in [4.69, 9.17) is 0 Å². The van der Waals surface area contributed by atoms with Gasteiger partial charge in [0.1, 0.15) is 0 Å². The van der Waals surface area contributed by atoms with Crippen molar-refractivity contribution in [2.45, 2.75) is 50.1 Å². The van der Waals surface area contributed by atoms with Gasteiger partial charge in [-0.3, -0.25) is 4.79 Å². The van der Waals surface area contributed by atoms with Crippen LogP contribution in [0.5, 0.6) is 0 Å². The molecular weight excluding hydrogens is 368 g/mol. The lowest BCUT2D eigenvalue weighted by Crippen LogP contribution is -2.41. The molecule has 1 heterocycles. The zero-order valence-corrected chi connectivity index (χ0v) is 16.4. The number of hydrogen-bond acceptors (Lipinski definition) is 4. The first-order valence-corrected chi connectivity index (χ1v) is 11.2. The summed E-state index contributed by atoms with van der Waals surface area (Å²) in [5.41, 5.74) is 0.377. The first-order valence-electron chi connectivity index (χ1n) is 8.89. The van der Waals surface area contributed by atoms with Crippen molar-refractivity contribution in [2.24, 2.45) is 5.92 Å². The normalized spacial score (nSPS) is 20.7. The molecule has 0 saturated heterocycles. The molecule has 0 aliphatic heterocycles. The Bertz CT molecular complexity index is 847. The molecule has 2 atom stereocenters. The van der Waals surface area contributed by atoms with E-state index in [1.54, 1.807) is 12.1 Å². The van der Waals surface area contributed by atoms with Crippen LogP contribution in [0.25, 0.3) is 0 Å². The third kappa shape index (κ3) is 4.72. The van der Waals surface area contributed by atoms with E-state index in [0.717, 1.165) is 24.1 Å². The molecule has 1 aliphatic carbocycles. The van der Waals surface area contributed by atoms with Crippen molar-refractivity contribution in [2.75, 3.05) is 0 Å². The number of carbonyl (C=O) groups is 1. The van der Waals surface area contributed by atoms with Gasteiger partial charge < -0.3 is 5.32 Å². The molecule has 0 bridgehead atoms. The molecule has 3 rings (SSSR count). The number of thiophene rings is 1. The van der Waals surface area contributed by atoms with Crippen LogP contribution in [0.15, 0.2) is 46.7 Å². The minimum atomic E-state index is -3.66. The maximum absolute atomic E-state index is 12.6. The van der Waals surface area contributed by atoms with Crippen molar-refractivity contribution in [3.8, 4) is 0 Å². The lowest BCUT2D eigenvalue weighted by Gasteiger charge is -2.29. The van der Waals surface area contributed by atoms with Crippen molar-refractivity contribution in [1.82, 2.24) is 10.0 Å². The quantitative estimate of drug-likeness (QED) is 0.790. The zero-order chi connectivity index (χ0) is 18.6. The highest BCUT2D eigenvalue weighted by atomic mass is 32.2. The summed E-state index contributed by atoms with van der Waals surface area (Å²) in [6.45, 7) is 2.40. The summed E-state index contributed by atoms with van der Waals surface area (Å²) in [7, 11) is -3.66. The number of amides is 1. The van der Waals surface area contributed by atoms with Gasteiger partial charge in [0.05, 0.1) is 4.90 Å². The monoisotopic (exact) mass is 392 g/mol. The lowest BCUT2D eigenvalue weighted by molar-refractivity contribution is 0.0910. The smallest absolute Gasteiger partial charge is 0.251 e. The Morgan fingerprint density at radius 1 is 1.19 bits per heavy atom. The topological polar surface area (TPSA) is 75.3 Å². The van der Waals surface area contributed by atoms with E-state index in [1.807, 2.05) is 17.5 Å². The minimum absolute atomic E-state index is 0.110. The molecule has 7 heteroatoms. The molecule has 0 radical (unpaired) electrons. The van der Waals surface area contributed by atoms with Crippen LogP contribution in [0.1, 0.15) is 47.8 Å². The van der Waals surface area contributed by atoms with E-state index in [1.165, 1.54) is 29.9 Å². The maximum atomic E-state index is 12.6. The Hall–Kier alpha value is -1.70. The SMILES string of the molecule is CC1CCCCC1NC(=O)c1cccc(S(=O)(=O)NCc2cccs2)c1. The average Bonchev–Trinajstić information content (AvgIpc) is 3.16. The molecule has 5 nitrogen and oxygen atoms in total. The lowest BCUT2D eigenvalue weighted by atomic mass is 9.86. The third-order valence-electron chi connectivity index (χ3n) is 4.85. The van der Waals surface area contributed by atoms with E-state index in [0.29, 0.717) is 11.5 Å². The van der Waals surface area contributed by atoms with Crippen LogP contribution < -0.4 is 10.0 Å². The van der Waals surface area contributed by atoms with Gasteiger partial charge in [-0.2, -0.15) is 0 Å². The van der Waals surface area contributed by atoms with Gasteiger partial charge in [0.15, 0.2) is 0 Å². The molecule has 2 unspecified atom stereocenters. The van der Waals surface area contributed by atoms with E-state index in [-0.39, 0.29) is 23.4 Å². The first kappa shape index (κ1) is 19.1. The standard InChI is InChI=1S/C19H24N2O3S2/c1-14-6-2-3-10-18(14)21-19(22)15-7-4-9-17(12-15)26(23,24)20-13-16-8-5-11-25-16/h4-5,7-9,11-12,14,18,20H,2-3,6,10,13H2,1H3,(H,21,22). The highest BCUT2D eigenvalue weighted by molar-refractivity contribution is 7.89. The Kier molecular flexibility index (Phi) is 6.11. The molecule has 1 aromatic carbocycles. The summed E-state index contributed by atoms with van der Waals surface area (Å²) in [5.74, 6) is 0.242. The van der Waals surface area contributed by atoms with Gasteiger partial charge in [-0.15, -0.1) is 11.3 Å². The van der Waals surface area contributed by atoms with Crippen LogP contribution >= 0.6 is 11.3 Å². The number of carbonyl (C=O) groups excluding carboxylic acids is 1. The van der Waals surface area contributed by atoms with E-state index < -0.39 is 10.0 Å². The number of benzene rings is 1. The van der Waals surface area contributed by atoms with Gasteiger partial charge in [-0.25, -0.2) is 13.1 Å². The predicted molar refractivity (Wildman–Crippen MR) is 104 cm³/mol. The molecule has 1 aromatic heterocycles. The average molecular weight is 393 g/mol. The van der Waals surface area contributed by atoms with Crippen molar-refractivity contribution in [1.29, 1.82) is 0 Å². The maximum Gasteiger partial charge on any atom is 0.251 e. The molecule has 2 N–H and O–H groups in total. The minimum Gasteiger partial charge on any atom is -0.349 e. The zero-order valence-electron chi connectivity index (χ0n) is 14.8. The van der Waals surface area contributed by atoms with Crippen molar-refractivity contribution in [3.63, 3.8) is 0 Å². The van der Waals surface area contributed by atoms with Crippen molar-refractivity contribution in [3.05, 3.63) is 52.2 Å². The van der Waals surface area contributed by atoms with Crippen LogP contribution in [-0.2, 0) is 16.6 Å². The van der Waals surface area contributed by atoms with E-state index >= 15 is 0 Å². The van der Waals surface area contributed by atoms with Crippen LogP contribution in [-0.4, -0.2) is 20.4 Å². The highest BCUT2D eigenvalue weighted by Gasteiger charge is 2.24. The molecule has 1 amide bonds. The van der Waals surface area contributed by atoms with Crippen molar-refractivity contribution >= 4 is 27.3 Å². The van der Waals surface area contributed by atoms with Crippen molar-refractivity contribution < 1.29 is 13.2 Å². The molecule has 140 valence electrons. The Morgan fingerprint density at radius 3 is 2.73 bits per heavy atom. The second-order valence-electron chi connectivity index (χ2n) is 6.77. The molecule has 1 aliphatic rings. The van der Waals surface area contributed by atoms with Gasteiger partial charge >= 0.3 is 0 Å². The molecule has 1 fully saturated rings. The summed E-state index contributed by atoms with van der Waals surface area (Å²) in [6, 6.07) is 10.1. The molecular formula is C19H24N2O3S2.